The standard InChI is InChI=1S/C24H20ClFN4O3/c1-15-21(22(25)30(29-15)14-16-7-9-18(26)10-8-16)24(32)27-13-17-4-2-5-19(12-17)28-23(31)20-6-3-11-33-20/h2-12H,13-14H2,1H3,(H,27,32)(H,28,31). The van der Waals surface area contributed by atoms with E-state index < -0.39 is 0 Å². The number of nitrogens with zero attached hydrogens (tertiary/aromatic N) is 2. The minimum Gasteiger partial charge on any atom is -0.459 e. The van der Waals surface area contributed by atoms with Crippen molar-refractivity contribution in [2.45, 2.75) is 20.0 Å². The van der Waals surface area contributed by atoms with Crippen LogP contribution >= 0.6 is 11.6 Å². The molecular formula is C24H20ClFN4O3. The number of carbonyl (C=O) groups excluding carboxylic acids is 2. The van der Waals surface area contributed by atoms with E-state index >= 15 is 0 Å². The highest BCUT2D eigenvalue weighted by atomic mass is 35.5. The number of furan rings is 1. The lowest BCUT2D eigenvalue weighted by Crippen LogP contribution is -2.23. The topological polar surface area (TPSA) is 89.2 Å². The highest BCUT2D eigenvalue weighted by molar-refractivity contribution is 6.33. The van der Waals surface area contributed by atoms with Crippen molar-refractivity contribution < 1.29 is 18.4 Å². The first kappa shape index (κ1) is 22.3. The monoisotopic (exact) mass is 466 g/mol. The maximum atomic E-state index is 13.1. The van der Waals surface area contributed by atoms with Crippen LogP contribution in [0, 0.1) is 12.7 Å². The predicted molar refractivity (Wildman–Crippen MR) is 122 cm³/mol. The summed E-state index contributed by atoms with van der Waals surface area (Å²) in [5.41, 5.74) is 2.93. The summed E-state index contributed by atoms with van der Waals surface area (Å²) in [7, 11) is 0. The first-order chi connectivity index (χ1) is 15.9. The Bertz CT molecular complexity index is 1280. The molecule has 33 heavy (non-hydrogen) atoms. The summed E-state index contributed by atoms with van der Waals surface area (Å²) in [5.74, 6) is -0.854. The second kappa shape index (κ2) is 9.70. The molecule has 0 radical (unpaired) electrons. The van der Waals surface area contributed by atoms with Crippen molar-refractivity contribution in [2.75, 3.05) is 5.32 Å². The van der Waals surface area contributed by atoms with Gasteiger partial charge in [0.05, 0.1) is 24.1 Å². The third kappa shape index (κ3) is 5.30. The number of benzene rings is 2. The zero-order valence-corrected chi connectivity index (χ0v) is 18.4. The Hall–Kier alpha value is -3.91. The number of aromatic nitrogens is 2. The van der Waals surface area contributed by atoms with Crippen molar-refractivity contribution in [1.82, 2.24) is 15.1 Å². The Morgan fingerprint density at radius 3 is 2.58 bits per heavy atom. The number of hydrogen-bond donors (Lipinski definition) is 2. The molecule has 0 bridgehead atoms. The molecule has 0 unspecified atom stereocenters. The molecule has 2 aromatic heterocycles. The van der Waals surface area contributed by atoms with Crippen molar-refractivity contribution in [1.29, 1.82) is 0 Å². The van der Waals surface area contributed by atoms with Gasteiger partial charge in [-0.3, -0.25) is 9.59 Å². The summed E-state index contributed by atoms with van der Waals surface area (Å²) in [6.07, 6.45) is 1.43. The van der Waals surface area contributed by atoms with E-state index in [2.05, 4.69) is 15.7 Å². The van der Waals surface area contributed by atoms with Gasteiger partial charge in [-0.25, -0.2) is 9.07 Å². The number of amides is 2. The van der Waals surface area contributed by atoms with Crippen LogP contribution in [-0.2, 0) is 13.1 Å². The molecule has 2 aromatic carbocycles. The molecule has 2 heterocycles. The molecule has 0 fully saturated rings. The second-order valence-corrected chi connectivity index (χ2v) is 7.71. The van der Waals surface area contributed by atoms with Gasteiger partial charge in [0.25, 0.3) is 11.8 Å². The van der Waals surface area contributed by atoms with Gasteiger partial charge in [-0.2, -0.15) is 5.10 Å². The van der Waals surface area contributed by atoms with E-state index in [9.17, 15) is 14.0 Å². The van der Waals surface area contributed by atoms with Crippen LogP contribution in [0.1, 0.15) is 37.7 Å². The van der Waals surface area contributed by atoms with E-state index in [1.54, 1.807) is 49.4 Å². The van der Waals surface area contributed by atoms with Gasteiger partial charge in [-0.05, 0) is 54.4 Å². The summed E-state index contributed by atoms with van der Waals surface area (Å²) in [4.78, 5) is 25.0. The van der Waals surface area contributed by atoms with Crippen molar-refractivity contribution in [3.05, 3.63) is 106 Å². The normalized spacial score (nSPS) is 10.8. The van der Waals surface area contributed by atoms with E-state index in [-0.39, 0.29) is 40.7 Å². The number of nitrogens with one attached hydrogen (secondary N) is 2. The largest absolute Gasteiger partial charge is 0.459 e. The number of anilines is 1. The predicted octanol–water partition coefficient (Wildman–Crippen LogP) is 4.81. The number of rotatable bonds is 7. The highest BCUT2D eigenvalue weighted by Gasteiger charge is 2.20. The lowest BCUT2D eigenvalue weighted by molar-refractivity contribution is 0.0949. The number of hydrogen-bond acceptors (Lipinski definition) is 4. The van der Waals surface area contributed by atoms with Crippen LogP contribution in [0.2, 0.25) is 5.15 Å². The smallest absolute Gasteiger partial charge is 0.291 e. The highest BCUT2D eigenvalue weighted by Crippen LogP contribution is 2.21. The lowest BCUT2D eigenvalue weighted by atomic mass is 10.2. The van der Waals surface area contributed by atoms with Crippen LogP contribution < -0.4 is 10.6 Å². The Morgan fingerprint density at radius 1 is 1.06 bits per heavy atom. The average molecular weight is 467 g/mol. The van der Waals surface area contributed by atoms with Gasteiger partial charge in [-0.1, -0.05) is 35.9 Å². The molecule has 0 saturated carbocycles. The molecule has 0 atom stereocenters. The molecule has 4 rings (SSSR count). The van der Waals surface area contributed by atoms with Gasteiger partial charge in [0.1, 0.15) is 11.0 Å². The summed E-state index contributed by atoms with van der Waals surface area (Å²) in [6.45, 7) is 2.24. The summed E-state index contributed by atoms with van der Waals surface area (Å²) < 4.78 is 19.7. The fourth-order valence-corrected chi connectivity index (χ4v) is 3.63. The number of aryl methyl sites for hydroxylation is 1. The van der Waals surface area contributed by atoms with Crippen LogP contribution in [0.4, 0.5) is 10.1 Å². The van der Waals surface area contributed by atoms with Crippen LogP contribution in [0.3, 0.4) is 0 Å². The van der Waals surface area contributed by atoms with Crippen LogP contribution in [0.15, 0.2) is 71.3 Å². The van der Waals surface area contributed by atoms with Crippen molar-refractivity contribution in [3.63, 3.8) is 0 Å². The Morgan fingerprint density at radius 2 is 1.85 bits per heavy atom. The van der Waals surface area contributed by atoms with Gasteiger partial charge in [-0.15, -0.1) is 0 Å². The molecule has 4 aromatic rings. The molecule has 0 aliphatic heterocycles. The fraction of sp³-hybridized carbons (Fsp3) is 0.125. The van der Waals surface area contributed by atoms with Crippen molar-refractivity contribution >= 4 is 29.1 Å². The molecule has 7 nitrogen and oxygen atoms in total. The second-order valence-electron chi connectivity index (χ2n) is 7.35. The van der Waals surface area contributed by atoms with Crippen LogP contribution in [-0.4, -0.2) is 21.6 Å². The molecule has 168 valence electrons. The van der Waals surface area contributed by atoms with Crippen molar-refractivity contribution in [3.8, 4) is 0 Å². The van der Waals surface area contributed by atoms with E-state index in [1.807, 2.05) is 6.07 Å². The molecule has 2 N–H and O–H groups in total. The first-order valence-electron chi connectivity index (χ1n) is 10.1. The van der Waals surface area contributed by atoms with Gasteiger partial charge in [0.2, 0.25) is 0 Å². The maximum absolute atomic E-state index is 13.1. The van der Waals surface area contributed by atoms with E-state index in [1.165, 1.54) is 23.1 Å². The summed E-state index contributed by atoms with van der Waals surface area (Å²) >= 11 is 6.43. The third-order valence-electron chi connectivity index (χ3n) is 4.92. The molecule has 0 aliphatic carbocycles. The van der Waals surface area contributed by atoms with Crippen LogP contribution in [0.25, 0.3) is 0 Å². The third-order valence-corrected chi connectivity index (χ3v) is 5.31. The minimum absolute atomic E-state index is 0.203. The fourth-order valence-electron chi connectivity index (χ4n) is 3.31. The quantitative estimate of drug-likeness (QED) is 0.409. The summed E-state index contributed by atoms with van der Waals surface area (Å²) in [5, 5.41) is 10.1. The number of carbonyl (C=O) groups is 2. The lowest BCUT2D eigenvalue weighted by Gasteiger charge is -2.08. The van der Waals surface area contributed by atoms with Crippen molar-refractivity contribution in [2.24, 2.45) is 0 Å². The van der Waals surface area contributed by atoms with Crippen LogP contribution in [0.5, 0.6) is 0 Å². The average Bonchev–Trinajstić information content (AvgIpc) is 3.43. The molecular weight excluding hydrogens is 447 g/mol. The zero-order chi connectivity index (χ0) is 23.4. The Labute approximate surface area is 194 Å². The number of halogens is 2. The zero-order valence-electron chi connectivity index (χ0n) is 17.6. The summed E-state index contributed by atoms with van der Waals surface area (Å²) in [6, 6.07) is 16.3. The first-order valence-corrected chi connectivity index (χ1v) is 10.5. The van der Waals surface area contributed by atoms with E-state index in [0.717, 1.165) is 11.1 Å². The Balaban J connectivity index is 1.41. The SMILES string of the molecule is Cc1nn(Cc2ccc(F)cc2)c(Cl)c1C(=O)NCc1cccc(NC(=O)c2ccco2)c1. The van der Waals surface area contributed by atoms with Gasteiger partial charge in [0, 0.05) is 12.2 Å². The molecule has 0 spiro atoms. The molecule has 2 amide bonds. The van der Waals surface area contributed by atoms with Gasteiger partial charge >= 0.3 is 0 Å². The maximum Gasteiger partial charge on any atom is 0.291 e. The molecule has 0 aliphatic rings. The minimum atomic E-state index is -0.368. The molecule has 9 heteroatoms. The Kier molecular flexibility index (Phi) is 6.55. The van der Waals surface area contributed by atoms with Gasteiger partial charge < -0.3 is 15.1 Å². The van der Waals surface area contributed by atoms with E-state index in [0.29, 0.717) is 17.9 Å². The van der Waals surface area contributed by atoms with Gasteiger partial charge in [0.15, 0.2) is 5.76 Å². The molecule has 0 saturated heterocycles. The van der Waals surface area contributed by atoms with E-state index in [4.69, 9.17) is 16.0 Å².